The molecular formula is C37H51FN2O4. The Labute approximate surface area is 263 Å². The van der Waals surface area contributed by atoms with Crippen molar-refractivity contribution < 1.29 is 23.8 Å². The molecule has 240 valence electrons. The Balaban J connectivity index is 1.74. The Kier molecular flexibility index (Phi) is 10.9. The van der Waals surface area contributed by atoms with Crippen LogP contribution in [0.4, 0.5) is 10.1 Å². The first kappa shape index (κ1) is 33.7. The number of rotatable bonds is 13. The van der Waals surface area contributed by atoms with Crippen LogP contribution in [-0.4, -0.2) is 53.7 Å². The molecule has 2 aromatic carbocycles. The monoisotopic (exact) mass is 606 g/mol. The first-order chi connectivity index (χ1) is 20.8. The number of hydrogen-bond acceptors (Lipinski definition) is 4. The average molecular weight is 607 g/mol. The minimum absolute atomic E-state index is 0.0201. The topological polar surface area (TPSA) is 70.1 Å². The second kappa shape index (κ2) is 14.3. The van der Waals surface area contributed by atoms with E-state index in [1.165, 1.54) is 11.6 Å². The number of benzene rings is 2. The van der Waals surface area contributed by atoms with Crippen LogP contribution < -0.4 is 9.64 Å². The smallest absolute Gasteiger partial charge is 0.308 e. The third kappa shape index (κ3) is 7.71. The quantitative estimate of drug-likeness (QED) is 0.235. The zero-order valence-corrected chi connectivity index (χ0v) is 27.7. The molecule has 7 heteroatoms. The number of carboxylic acids is 1. The number of allylic oxidation sites excluding steroid dienone is 2. The molecule has 1 fully saturated rings. The highest BCUT2D eigenvalue weighted by molar-refractivity contribution is 5.95. The van der Waals surface area contributed by atoms with Gasteiger partial charge in [0, 0.05) is 36.7 Å². The minimum atomic E-state index is -0.833. The molecule has 2 aliphatic heterocycles. The van der Waals surface area contributed by atoms with Gasteiger partial charge < -0.3 is 14.7 Å². The standard InChI is InChI=1S/C37H51FN2O4/c1-8-10-28(11-9-2)40(29-13-14-31(38)25(5)18-29)34(41)23-39-22-30(26-12-15-33-27(19-26)16-17-44-33)35(36(42)43)32(39)21-37(6,7)20-24(3)4/h12-15,18-20,28,30,32,35H,8-11,16-17,21-23H2,1-7H3,(H,42,43). The number of ether oxygens (including phenoxy) is 1. The maximum absolute atomic E-state index is 14.5. The van der Waals surface area contributed by atoms with Crippen LogP contribution in [0, 0.1) is 24.1 Å². The van der Waals surface area contributed by atoms with E-state index in [0.29, 0.717) is 30.8 Å². The van der Waals surface area contributed by atoms with Crippen molar-refractivity contribution in [2.24, 2.45) is 11.3 Å². The Morgan fingerprint density at radius 3 is 2.45 bits per heavy atom. The summed E-state index contributed by atoms with van der Waals surface area (Å²) >= 11 is 0. The molecule has 4 rings (SSSR count). The number of aliphatic carboxylic acids is 1. The van der Waals surface area contributed by atoms with Crippen molar-refractivity contribution >= 4 is 17.6 Å². The average Bonchev–Trinajstić information content (AvgIpc) is 3.54. The highest BCUT2D eigenvalue weighted by atomic mass is 19.1. The molecule has 0 aromatic heterocycles. The van der Waals surface area contributed by atoms with E-state index in [1.54, 1.807) is 19.1 Å². The lowest BCUT2D eigenvalue weighted by atomic mass is 9.77. The number of carbonyl (C=O) groups is 2. The molecule has 6 nitrogen and oxygen atoms in total. The molecule has 2 aromatic rings. The zero-order valence-electron chi connectivity index (χ0n) is 27.7. The highest BCUT2D eigenvalue weighted by Gasteiger charge is 2.49. The number of anilines is 1. The Morgan fingerprint density at radius 1 is 1.14 bits per heavy atom. The van der Waals surface area contributed by atoms with Gasteiger partial charge in [-0.3, -0.25) is 14.5 Å². The largest absolute Gasteiger partial charge is 0.493 e. The van der Waals surface area contributed by atoms with E-state index in [0.717, 1.165) is 49.0 Å². The molecule has 0 spiro atoms. The number of carboxylic acid groups (broad SMARTS) is 1. The molecule has 2 heterocycles. The van der Waals surface area contributed by atoms with Crippen LogP contribution >= 0.6 is 0 Å². The SMILES string of the molecule is CCCC(CCC)N(C(=O)CN1CC(c2ccc3c(c2)CCO3)C(C(=O)O)C1CC(C)(C)C=C(C)C)c1ccc(F)c(C)c1. The number of hydrogen-bond donors (Lipinski definition) is 1. The van der Waals surface area contributed by atoms with Gasteiger partial charge in [0.05, 0.1) is 19.1 Å². The molecular weight excluding hydrogens is 555 g/mol. The summed E-state index contributed by atoms with van der Waals surface area (Å²) in [7, 11) is 0. The summed E-state index contributed by atoms with van der Waals surface area (Å²) in [4.78, 5) is 31.5. The number of fused-ring (bicyclic) bond motifs is 1. The fourth-order valence-electron chi connectivity index (χ4n) is 7.56. The van der Waals surface area contributed by atoms with Gasteiger partial charge in [-0.1, -0.05) is 64.3 Å². The normalized spacial score (nSPS) is 20.0. The molecule has 2 aliphatic rings. The van der Waals surface area contributed by atoms with Crippen LogP contribution in [0.5, 0.6) is 5.75 Å². The number of aryl methyl sites for hydroxylation is 1. The Bertz CT molecular complexity index is 1360. The van der Waals surface area contributed by atoms with Crippen molar-refractivity contribution in [2.45, 2.75) is 105 Å². The fraction of sp³-hybridized carbons (Fsp3) is 0.568. The van der Waals surface area contributed by atoms with Crippen molar-refractivity contribution in [2.75, 3.05) is 24.6 Å². The summed E-state index contributed by atoms with van der Waals surface area (Å²) in [5, 5.41) is 10.7. The Morgan fingerprint density at radius 2 is 1.84 bits per heavy atom. The first-order valence-electron chi connectivity index (χ1n) is 16.3. The van der Waals surface area contributed by atoms with Crippen molar-refractivity contribution in [1.29, 1.82) is 0 Å². The van der Waals surface area contributed by atoms with Gasteiger partial charge in [0.2, 0.25) is 5.91 Å². The van der Waals surface area contributed by atoms with Crippen LogP contribution in [0.3, 0.4) is 0 Å². The minimum Gasteiger partial charge on any atom is -0.493 e. The molecule has 1 saturated heterocycles. The highest BCUT2D eigenvalue weighted by Crippen LogP contribution is 2.44. The molecule has 0 saturated carbocycles. The molecule has 1 amide bonds. The van der Waals surface area contributed by atoms with E-state index in [9.17, 15) is 19.1 Å². The maximum Gasteiger partial charge on any atom is 0.308 e. The van der Waals surface area contributed by atoms with Crippen LogP contribution in [0.2, 0.25) is 0 Å². The zero-order chi connectivity index (χ0) is 32.2. The van der Waals surface area contributed by atoms with E-state index in [2.05, 4.69) is 58.6 Å². The number of nitrogens with zero attached hydrogens (tertiary/aromatic N) is 2. The maximum atomic E-state index is 14.5. The summed E-state index contributed by atoms with van der Waals surface area (Å²) in [6.45, 7) is 15.6. The number of carbonyl (C=O) groups excluding carboxylic acids is 1. The van der Waals surface area contributed by atoms with Crippen LogP contribution in [-0.2, 0) is 16.0 Å². The molecule has 44 heavy (non-hydrogen) atoms. The summed E-state index contributed by atoms with van der Waals surface area (Å²) in [6.07, 6.45) is 7.14. The fourth-order valence-corrected chi connectivity index (χ4v) is 7.56. The number of amides is 1. The van der Waals surface area contributed by atoms with Gasteiger partial charge in [-0.05, 0) is 86.4 Å². The number of halogens is 1. The molecule has 0 bridgehead atoms. The lowest BCUT2D eigenvalue weighted by Crippen LogP contribution is -2.48. The van der Waals surface area contributed by atoms with E-state index in [4.69, 9.17) is 4.74 Å². The molecule has 3 unspecified atom stereocenters. The summed E-state index contributed by atoms with van der Waals surface area (Å²) in [6, 6.07) is 10.6. The summed E-state index contributed by atoms with van der Waals surface area (Å²) in [5.41, 5.74) is 4.22. The van der Waals surface area contributed by atoms with E-state index in [1.807, 2.05) is 17.0 Å². The van der Waals surface area contributed by atoms with Gasteiger partial charge in [-0.15, -0.1) is 0 Å². The molecule has 3 atom stereocenters. The van der Waals surface area contributed by atoms with E-state index < -0.39 is 11.9 Å². The van der Waals surface area contributed by atoms with Crippen LogP contribution in [0.15, 0.2) is 48.0 Å². The third-order valence-electron chi connectivity index (χ3n) is 9.23. The van der Waals surface area contributed by atoms with Gasteiger partial charge in [-0.25, -0.2) is 4.39 Å². The van der Waals surface area contributed by atoms with Crippen LogP contribution in [0.25, 0.3) is 0 Å². The van der Waals surface area contributed by atoms with Crippen molar-refractivity contribution in [3.8, 4) is 5.75 Å². The summed E-state index contributed by atoms with van der Waals surface area (Å²) in [5.74, 6) is -1.26. The van der Waals surface area contributed by atoms with Crippen molar-refractivity contribution in [3.05, 3.63) is 70.6 Å². The van der Waals surface area contributed by atoms with Gasteiger partial charge in [0.1, 0.15) is 11.6 Å². The lowest BCUT2D eigenvalue weighted by Gasteiger charge is -2.36. The predicted octanol–water partition coefficient (Wildman–Crippen LogP) is 7.92. The predicted molar refractivity (Wildman–Crippen MR) is 175 cm³/mol. The van der Waals surface area contributed by atoms with Gasteiger partial charge in [-0.2, -0.15) is 0 Å². The first-order valence-corrected chi connectivity index (χ1v) is 16.3. The van der Waals surface area contributed by atoms with Crippen molar-refractivity contribution in [3.63, 3.8) is 0 Å². The van der Waals surface area contributed by atoms with Crippen molar-refractivity contribution in [1.82, 2.24) is 4.90 Å². The second-order valence-corrected chi connectivity index (χ2v) is 13.8. The second-order valence-electron chi connectivity index (χ2n) is 13.8. The van der Waals surface area contributed by atoms with E-state index in [-0.39, 0.29) is 41.7 Å². The third-order valence-corrected chi connectivity index (χ3v) is 9.23. The molecule has 0 radical (unpaired) electrons. The number of likely N-dealkylation sites (tertiary alicyclic amines) is 1. The summed E-state index contributed by atoms with van der Waals surface area (Å²) < 4.78 is 20.0. The van der Waals surface area contributed by atoms with Gasteiger partial charge in [0.15, 0.2) is 0 Å². The van der Waals surface area contributed by atoms with E-state index >= 15 is 0 Å². The van der Waals surface area contributed by atoms with Gasteiger partial charge in [0.25, 0.3) is 0 Å². The van der Waals surface area contributed by atoms with Crippen LogP contribution in [0.1, 0.15) is 96.3 Å². The molecule has 0 aliphatic carbocycles. The Hall–Kier alpha value is -3.19. The van der Waals surface area contributed by atoms with Gasteiger partial charge >= 0.3 is 5.97 Å². The molecule has 1 N–H and O–H groups in total. The lowest BCUT2D eigenvalue weighted by molar-refractivity contribution is -0.143.